The van der Waals surface area contributed by atoms with Crippen LogP contribution in [0, 0.1) is 5.82 Å². The number of ether oxygens (including phenoxy) is 1. The van der Waals surface area contributed by atoms with Gasteiger partial charge in [-0.15, -0.1) is 0 Å². The fourth-order valence-electron chi connectivity index (χ4n) is 2.53. The minimum absolute atomic E-state index is 0.0669. The molecule has 0 spiro atoms. The number of esters is 1. The average Bonchev–Trinajstić information content (AvgIpc) is 2.66. The van der Waals surface area contributed by atoms with Gasteiger partial charge in [0.15, 0.2) is 0 Å². The van der Waals surface area contributed by atoms with Crippen molar-refractivity contribution in [1.29, 1.82) is 0 Å². The third-order valence-electron chi connectivity index (χ3n) is 3.48. The normalized spacial score (nSPS) is 26.1. The van der Waals surface area contributed by atoms with E-state index in [1.54, 1.807) is 32.0 Å². The first-order valence-corrected chi connectivity index (χ1v) is 6.20. The molecule has 102 valence electrons. The number of rotatable bonds is 3. The van der Waals surface area contributed by atoms with Gasteiger partial charge in [-0.05, 0) is 18.6 Å². The molecule has 2 atom stereocenters. The summed E-state index contributed by atoms with van der Waals surface area (Å²) in [5.41, 5.74) is -0.569. The molecule has 1 aliphatic rings. The van der Waals surface area contributed by atoms with Crippen LogP contribution in [0.25, 0.3) is 0 Å². The van der Waals surface area contributed by atoms with Crippen molar-refractivity contribution in [3.05, 3.63) is 35.6 Å². The van der Waals surface area contributed by atoms with Crippen LogP contribution in [0.5, 0.6) is 0 Å². The molecule has 0 bridgehead atoms. The SMILES string of the molecule is CCOC(=O)C1NC(=O)CC1(C)c1ccccc1F. The van der Waals surface area contributed by atoms with Gasteiger partial charge in [-0.1, -0.05) is 25.1 Å². The van der Waals surface area contributed by atoms with Crippen LogP contribution in [0.1, 0.15) is 25.8 Å². The summed E-state index contributed by atoms with van der Waals surface area (Å²) in [6.45, 7) is 3.61. The van der Waals surface area contributed by atoms with Gasteiger partial charge in [0.1, 0.15) is 11.9 Å². The fraction of sp³-hybridized carbons (Fsp3) is 0.429. The van der Waals surface area contributed by atoms with Crippen molar-refractivity contribution < 1.29 is 18.7 Å². The molecule has 1 aliphatic heterocycles. The third kappa shape index (κ3) is 2.32. The quantitative estimate of drug-likeness (QED) is 0.843. The zero-order valence-corrected chi connectivity index (χ0v) is 10.9. The Kier molecular flexibility index (Phi) is 3.55. The second-order valence-electron chi connectivity index (χ2n) is 4.83. The van der Waals surface area contributed by atoms with Crippen LogP contribution in [0.4, 0.5) is 4.39 Å². The highest BCUT2D eigenvalue weighted by atomic mass is 19.1. The summed E-state index contributed by atoms with van der Waals surface area (Å²) in [7, 11) is 0. The number of hydrogen-bond donors (Lipinski definition) is 1. The van der Waals surface area contributed by atoms with E-state index >= 15 is 0 Å². The van der Waals surface area contributed by atoms with Crippen LogP contribution in [0.2, 0.25) is 0 Å². The third-order valence-corrected chi connectivity index (χ3v) is 3.48. The topological polar surface area (TPSA) is 55.4 Å². The molecule has 4 nitrogen and oxygen atoms in total. The molecule has 0 radical (unpaired) electrons. The fourth-order valence-corrected chi connectivity index (χ4v) is 2.53. The van der Waals surface area contributed by atoms with E-state index in [0.29, 0.717) is 5.56 Å². The molecule has 1 saturated heterocycles. The molecule has 5 heteroatoms. The van der Waals surface area contributed by atoms with E-state index < -0.39 is 23.2 Å². The lowest BCUT2D eigenvalue weighted by molar-refractivity contribution is -0.147. The summed E-state index contributed by atoms with van der Waals surface area (Å²) in [4.78, 5) is 23.6. The largest absolute Gasteiger partial charge is 0.464 e. The summed E-state index contributed by atoms with van der Waals surface area (Å²) in [6.07, 6.45) is 0.0669. The number of carbonyl (C=O) groups is 2. The number of halogens is 1. The summed E-state index contributed by atoms with van der Waals surface area (Å²) in [5, 5.41) is 2.57. The first-order chi connectivity index (χ1) is 8.99. The summed E-state index contributed by atoms with van der Waals surface area (Å²) < 4.78 is 18.9. The van der Waals surface area contributed by atoms with Gasteiger partial charge in [-0.3, -0.25) is 4.79 Å². The van der Waals surface area contributed by atoms with E-state index in [9.17, 15) is 14.0 Å². The number of nitrogens with one attached hydrogen (secondary N) is 1. The van der Waals surface area contributed by atoms with Crippen LogP contribution in [0.3, 0.4) is 0 Å². The molecule has 19 heavy (non-hydrogen) atoms. The Morgan fingerprint density at radius 2 is 2.21 bits per heavy atom. The average molecular weight is 265 g/mol. The molecule has 2 unspecified atom stereocenters. The molecule has 2 rings (SSSR count). The molecule has 1 amide bonds. The predicted octanol–water partition coefficient (Wildman–Crippen LogP) is 1.53. The molecule has 1 N–H and O–H groups in total. The van der Waals surface area contributed by atoms with E-state index in [4.69, 9.17) is 4.74 Å². The van der Waals surface area contributed by atoms with E-state index in [1.165, 1.54) is 6.07 Å². The molecular weight excluding hydrogens is 249 g/mol. The smallest absolute Gasteiger partial charge is 0.329 e. The Labute approximate surface area is 110 Å². The molecular formula is C14H16FNO3. The Morgan fingerprint density at radius 1 is 1.53 bits per heavy atom. The molecule has 1 heterocycles. The van der Waals surface area contributed by atoms with Crippen molar-refractivity contribution in [2.24, 2.45) is 0 Å². The van der Waals surface area contributed by atoms with Crippen molar-refractivity contribution >= 4 is 11.9 Å². The second kappa shape index (κ2) is 4.99. The van der Waals surface area contributed by atoms with Crippen molar-refractivity contribution in [3.8, 4) is 0 Å². The van der Waals surface area contributed by atoms with E-state index in [-0.39, 0.29) is 18.9 Å². The Bertz CT molecular complexity index is 517. The summed E-state index contributed by atoms with van der Waals surface area (Å²) >= 11 is 0. The van der Waals surface area contributed by atoms with Gasteiger partial charge in [0.05, 0.1) is 6.61 Å². The highest BCUT2D eigenvalue weighted by Gasteiger charge is 2.50. The van der Waals surface area contributed by atoms with Gasteiger partial charge in [-0.2, -0.15) is 0 Å². The molecule has 1 fully saturated rings. The molecule has 0 saturated carbocycles. The molecule has 1 aromatic carbocycles. The maximum atomic E-state index is 13.9. The van der Waals surface area contributed by atoms with Gasteiger partial charge in [0.2, 0.25) is 5.91 Å². The molecule has 0 aliphatic carbocycles. The lowest BCUT2D eigenvalue weighted by Crippen LogP contribution is -2.46. The van der Waals surface area contributed by atoms with Crippen LogP contribution < -0.4 is 5.32 Å². The zero-order valence-electron chi connectivity index (χ0n) is 10.9. The number of hydrogen-bond acceptors (Lipinski definition) is 3. The number of amides is 1. The van der Waals surface area contributed by atoms with Gasteiger partial charge in [-0.25, -0.2) is 9.18 Å². The number of benzene rings is 1. The minimum atomic E-state index is -0.922. The Morgan fingerprint density at radius 3 is 2.84 bits per heavy atom. The second-order valence-corrected chi connectivity index (χ2v) is 4.83. The summed E-state index contributed by atoms with van der Waals surface area (Å²) in [5.74, 6) is -1.22. The maximum Gasteiger partial charge on any atom is 0.329 e. The monoisotopic (exact) mass is 265 g/mol. The molecule has 0 aromatic heterocycles. The van der Waals surface area contributed by atoms with Gasteiger partial charge < -0.3 is 10.1 Å². The van der Waals surface area contributed by atoms with E-state index in [0.717, 1.165) is 0 Å². The van der Waals surface area contributed by atoms with Crippen molar-refractivity contribution in [2.75, 3.05) is 6.61 Å². The van der Waals surface area contributed by atoms with E-state index in [1.807, 2.05) is 0 Å². The minimum Gasteiger partial charge on any atom is -0.464 e. The van der Waals surface area contributed by atoms with E-state index in [2.05, 4.69) is 5.32 Å². The first-order valence-electron chi connectivity index (χ1n) is 6.20. The number of carbonyl (C=O) groups excluding carboxylic acids is 2. The highest BCUT2D eigenvalue weighted by molar-refractivity contribution is 5.91. The van der Waals surface area contributed by atoms with Crippen molar-refractivity contribution in [2.45, 2.75) is 31.7 Å². The lowest BCUT2D eigenvalue weighted by atomic mass is 9.75. The van der Waals surface area contributed by atoms with Crippen LogP contribution >= 0.6 is 0 Å². The van der Waals surface area contributed by atoms with Crippen molar-refractivity contribution in [3.63, 3.8) is 0 Å². The molecule has 1 aromatic rings. The van der Waals surface area contributed by atoms with Crippen LogP contribution in [-0.2, 0) is 19.7 Å². The van der Waals surface area contributed by atoms with Gasteiger partial charge >= 0.3 is 5.97 Å². The zero-order chi connectivity index (χ0) is 14.0. The summed E-state index contributed by atoms with van der Waals surface area (Å²) in [6, 6.07) is 5.34. The predicted molar refractivity (Wildman–Crippen MR) is 66.9 cm³/mol. The Balaban J connectivity index is 2.42. The van der Waals surface area contributed by atoms with Crippen LogP contribution in [-0.4, -0.2) is 24.5 Å². The standard InChI is InChI=1S/C14H16FNO3/c1-3-19-13(18)12-14(2,8-11(17)16-12)9-6-4-5-7-10(9)15/h4-7,12H,3,8H2,1-2H3,(H,16,17). The van der Waals surface area contributed by atoms with Gasteiger partial charge in [0, 0.05) is 11.8 Å². The van der Waals surface area contributed by atoms with Crippen LogP contribution in [0.15, 0.2) is 24.3 Å². The first kappa shape index (κ1) is 13.5. The highest BCUT2D eigenvalue weighted by Crippen LogP contribution is 2.37. The maximum absolute atomic E-state index is 13.9. The van der Waals surface area contributed by atoms with Crippen molar-refractivity contribution in [1.82, 2.24) is 5.32 Å². The lowest BCUT2D eigenvalue weighted by Gasteiger charge is -2.29. The van der Waals surface area contributed by atoms with Gasteiger partial charge in [0.25, 0.3) is 0 Å². The Hall–Kier alpha value is -1.91.